The van der Waals surface area contributed by atoms with Crippen molar-refractivity contribution in [1.29, 1.82) is 0 Å². The highest BCUT2D eigenvalue weighted by Crippen LogP contribution is 2.35. The molecule has 0 amide bonds. The first-order valence-corrected chi connectivity index (χ1v) is 21.6. The second-order valence-corrected chi connectivity index (χ2v) is 16.0. The van der Waals surface area contributed by atoms with Crippen LogP contribution in [0.25, 0.3) is 11.1 Å². The third kappa shape index (κ3) is 15.7. The second kappa shape index (κ2) is 24.5. The molecule has 1 aliphatic rings. The quantitative estimate of drug-likeness (QED) is 0.0309. The zero-order valence-electron chi connectivity index (χ0n) is 35.8. The number of unbranched alkanes of at least 4 members (excludes halogenated alkanes) is 6. The lowest BCUT2D eigenvalue weighted by Gasteiger charge is -2.36. The number of rotatable bonds is 23. The van der Waals surface area contributed by atoms with Crippen molar-refractivity contribution in [3.63, 3.8) is 0 Å². The summed E-state index contributed by atoms with van der Waals surface area (Å²) >= 11 is 0. The van der Waals surface area contributed by atoms with Gasteiger partial charge in [-0.25, -0.2) is 14.4 Å². The number of carbonyl (C=O) groups excluding carboxylic acids is 4. The number of ether oxygens (including phenoxy) is 6. The fourth-order valence-electron chi connectivity index (χ4n) is 7.41. The van der Waals surface area contributed by atoms with Crippen LogP contribution in [0.2, 0.25) is 0 Å². The molecule has 4 aromatic carbocycles. The average molecular weight is 833 g/mol. The summed E-state index contributed by atoms with van der Waals surface area (Å²) in [4.78, 5) is 50.1. The zero-order chi connectivity index (χ0) is 43.4. The predicted octanol–water partition coefficient (Wildman–Crippen LogP) is 11.4. The molecular formula is C51H60O10. The summed E-state index contributed by atoms with van der Waals surface area (Å²) in [6.45, 7) is 10.4. The van der Waals surface area contributed by atoms with Gasteiger partial charge in [-0.2, -0.15) is 0 Å². The molecule has 3 atom stereocenters. The molecule has 324 valence electrons. The third-order valence-electron chi connectivity index (χ3n) is 10.9. The predicted molar refractivity (Wildman–Crippen MR) is 235 cm³/mol. The molecule has 0 bridgehead atoms. The van der Waals surface area contributed by atoms with Gasteiger partial charge in [0.15, 0.2) is 0 Å². The first-order valence-electron chi connectivity index (χ1n) is 21.6. The summed E-state index contributed by atoms with van der Waals surface area (Å²) in [5.41, 5.74) is 2.47. The van der Waals surface area contributed by atoms with E-state index in [1.165, 1.54) is 12.8 Å². The van der Waals surface area contributed by atoms with E-state index in [4.69, 9.17) is 28.4 Å². The van der Waals surface area contributed by atoms with E-state index in [2.05, 4.69) is 27.4 Å². The van der Waals surface area contributed by atoms with Crippen LogP contribution >= 0.6 is 0 Å². The van der Waals surface area contributed by atoms with E-state index in [9.17, 15) is 19.2 Å². The fourth-order valence-corrected chi connectivity index (χ4v) is 7.41. The van der Waals surface area contributed by atoms with Crippen LogP contribution in [-0.2, 0) is 19.1 Å². The van der Waals surface area contributed by atoms with Crippen molar-refractivity contribution < 1.29 is 47.6 Å². The molecule has 0 aromatic heterocycles. The number of allylic oxidation sites excluding steroid dienone is 1. The van der Waals surface area contributed by atoms with Crippen LogP contribution in [-0.4, -0.2) is 49.8 Å². The Balaban J connectivity index is 0.966. The SMILES string of the molecule is C=CCCCCCCCCC(=O)Oc1ccc(C(=O)OCCOc2ccc(C(=O)Oc3ccc(-c4ccc(OC(=O)COC5CC(C)CCC5C(C)C)cc4)cc3)cc2)cc1. The Hall–Kier alpha value is -5.74. The van der Waals surface area contributed by atoms with E-state index in [0.29, 0.717) is 58.3 Å². The van der Waals surface area contributed by atoms with E-state index in [0.717, 1.165) is 62.5 Å². The Morgan fingerprint density at radius 2 is 1.15 bits per heavy atom. The molecule has 0 radical (unpaired) electrons. The van der Waals surface area contributed by atoms with E-state index >= 15 is 0 Å². The number of hydrogen-bond acceptors (Lipinski definition) is 10. The first kappa shape index (κ1) is 46.3. The second-order valence-electron chi connectivity index (χ2n) is 16.0. The summed E-state index contributed by atoms with van der Waals surface area (Å²) in [5, 5.41) is 0. The van der Waals surface area contributed by atoms with E-state index in [1.807, 2.05) is 30.3 Å². The van der Waals surface area contributed by atoms with Crippen LogP contribution in [0.5, 0.6) is 23.0 Å². The minimum absolute atomic E-state index is 0.00939. The maximum atomic E-state index is 12.8. The monoisotopic (exact) mass is 832 g/mol. The van der Waals surface area contributed by atoms with Gasteiger partial charge in [-0.05, 0) is 134 Å². The van der Waals surface area contributed by atoms with Crippen molar-refractivity contribution in [2.24, 2.45) is 17.8 Å². The third-order valence-corrected chi connectivity index (χ3v) is 10.9. The molecule has 3 unspecified atom stereocenters. The van der Waals surface area contributed by atoms with Crippen LogP contribution < -0.4 is 18.9 Å². The maximum absolute atomic E-state index is 12.8. The number of esters is 4. The van der Waals surface area contributed by atoms with Crippen molar-refractivity contribution in [1.82, 2.24) is 0 Å². The number of hydrogen-bond donors (Lipinski definition) is 0. The summed E-state index contributed by atoms with van der Waals surface area (Å²) in [6.07, 6.45) is 13.1. The standard InChI is InChI=1S/C51H60O10/c1-5-6-7-8-9-10-11-12-13-48(52)59-43-29-21-40(22-30-43)50(54)57-33-32-56-42-23-19-41(20-24-42)51(55)61-45-27-17-39(18-28-45)38-15-25-44(26-16-38)60-49(53)35-58-47-34-37(4)14-31-46(47)36(2)3/h5,15-30,36-37,46-47H,1,6-14,31-35H2,2-4H3. The molecule has 10 nitrogen and oxygen atoms in total. The van der Waals surface area contributed by atoms with E-state index in [1.54, 1.807) is 72.8 Å². The van der Waals surface area contributed by atoms with Gasteiger partial charge in [-0.15, -0.1) is 6.58 Å². The van der Waals surface area contributed by atoms with E-state index < -0.39 is 17.9 Å². The van der Waals surface area contributed by atoms with Crippen LogP contribution in [0.4, 0.5) is 0 Å². The Bertz CT molecular complexity index is 1990. The van der Waals surface area contributed by atoms with Crippen LogP contribution in [0.15, 0.2) is 110 Å². The van der Waals surface area contributed by atoms with Gasteiger partial charge >= 0.3 is 23.9 Å². The summed E-state index contributed by atoms with van der Waals surface area (Å²) in [5.74, 6) is 1.51. The Labute approximate surface area is 360 Å². The first-order chi connectivity index (χ1) is 29.6. The van der Waals surface area contributed by atoms with Gasteiger partial charge in [-0.3, -0.25) is 4.79 Å². The van der Waals surface area contributed by atoms with Gasteiger partial charge in [0.05, 0.1) is 17.2 Å². The molecule has 1 fully saturated rings. The minimum atomic E-state index is -0.526. The van der Waals surface area contributed by atoms with Crippen molar-refractivity contribution in [3.8, 4) is 34.1 Å². The normalized spacial score (nSPS) is 16.0. The van der Waals surface area contributed by atoms with Gasteiger partial charge in [0.2, 0.25) is 0 Å². The molecule has 4 aromatic rings. The van der Waals surface area contributed by atoms with Crippen LogP contribution in [0.3, 0.4) is 0 Å². The molecule has 0 aliphatic heterocycles. The van der Waals surface area contributed by atoms with Crippen molar-refractivity contribution >= 4 is 23.9 Å². The molecule has 0 heterocycles. The number of benzene rings is 4. The van der Waals surface area contributed by atoms with Crippen LogP contribution in [0.1, 0.15) is 112 Å². The lowest BCUT2D eigenvalue weighted by atomic mass is 9.75. The molecule has 0 saturated heterocycles. The summed E-state index contributed by atoms with van der Waals surface area (Å²) < 4.78 is 33.6. The summed E-state index contributed by atoms with van der Waals surface area (Å²) in [6, 6.07) is 27.1. The molecule has 1 saturated carbocycles. The summed E-state index contributed by atoms with van der Waals surface area (Å²) in [7, 11) is 0. The Morgan fingerprint density at radius 3 is 1.75 bits per heavy atom. The molecular weight excluding hydrogens is 773 g/mol. The largest absolute Gasteiger partial charge is 0.490 e. The molecule has 61 heavy (non-hydrogen) atoms. The maximum Gasteiger partial charge on any atom is 0.343 e. The van der Waals surface area contributed by atoms with Gasteiger partial charge in [-0.1, -0.05) is 83.2 Å². The average Bonchev–Trinajstić information content (AvgIpc) is 3.26. The van der Waals surface area contributed by atoms with Crippen molar-refractivity contribution in [2.45, 2.75) is 97.5 Å². The topological polar surface area (TPSA) is 124 Å². The lowest BCUT2D eigenvalue weighted by molar-refractivity contribution is -0.145. The van der Waals surface area contributed by atoms with Crippen LogP contribution in [0, 0.1) is 17.8 Å². The van der Waals surface area contributed by atoms with Gasteiger partial charge in [0.1, 0.15) is 42.8 Å². The lowest BCUT2D eigenvalue weighted by Crippen LogP contribution is -2.36. The Kier molecular flexibility index (Phi) is 18.6. The molecule has 5 rings (SSSR count). The molecule has 0 spiro atoms. The highest BCUT2D eigenvalue weighted by atomic mass is 16.6. The zero-order valence-corrected chi connectivity index (χ0v) is 35.8. The van der Waals surface area contributed by atoms with Gasteiger partial charge < -0.3 is 28.4 Å². The van der Waals surface area contributed by atoms with Crippen molar-refractivity contribution in [3.05, 3.63) is 121 Å². The van der Waals surface area contributed by atoms with Crippen molar-refractivity contribution in [2.75, 3.05) is 19.8 Å². The van der Waals surface area contributed by atoms with E-state index in [-0.39, 0.29) is 31.9 Å². The fraction of sp³-hybridized carbons (Fsp3) is 0.412. The van der Waals surface area contributed by atoms with Gasteiger partial charge in [0, 0.05) is 6.42 Å². The molecule has 1 aliphatic carbocycles. The molecule has 0 N–H and O–H groups in total. The highest BCUT2D eigenvalue weighted by molar-refractivity contribution is 5.91. The minimum Gasteiger partial charge on any atom is -0.490 e. The smallest absolute Gasteiger partial charge is 0.343 e. The Morgan fingerprint density at radius 1 is 0.623 bits per heavy atom. The highest BCUT2D eigenvalue weighted by Gasteiger charge is 2.32. The number of carbonyl (C=O) groups is 4. The molecule has 10 heteroatoms. The van der Waals surface area contributed by atoms with Gasteiger partial charge in [0.25, 0.3) is 0 Å².